The molecule has 208 valence electrons. The summed E-state index contributed by atoms with van der Waals surface area (Å²) >= 11 is 0. The second kappa shape index (κ2) is 10.1. The van der Waals surface area contributed by atoms with E-state index < -0.39 is 31.1 Å². The highest BCUT2D eigenvalue weighted by atomic mass is 32.2. The lowest BCUT2D eigenvalue weighted by Gasteiger charge is -2.20. The molecule has 0 radical (unpaired) electrons. The first-order valence-electron chi connectivity index (χ1n) is 12.3. The summed E-state index contributed by atoms with van der Waals surface area (Å²) in [5, 5.41) is 3.32. The fourth-order valence-corrected chi connectivity index (χ4v) is 6.12. The average Bonchev–Trinajstić information content (AvgIpc) is 3.22. The van der Waals surface area contributed by atoms with Gasteiger partial charge in [0.05, 0.1) is 15.2 Å². The Morgan fingerprint density at radius 1 is 0.872 bits per heavy atom. The van der Waals surface area contributed by atoms with Gasteiger partial charge in [0.2, 0.25) is 5.69 Å². The summed E-state index contributed by atoms with van der Waals surface area (Å²) in [7, 11) is -7.01. The van der Waals surface area contributed by atoms with Gasteiger partial charge in [-0.1, -0.05) is 32.1 Å². The van der Waals surface area contributed by atoms with Crippen molar-refractivity contribution in [1.29, 1.82) is 0 Å². The first-order valence-corrected chi connectivity index (χ1v) is 15.2. The third-order valence-electron chi connectivity index (χ3n) is 7.32. The molecule has 0 spiro atoms. The minimum Gasteiger partial charge on any atom is -0.378 e. The van der Waals surface area contributed by atoms with Gasteiger partial charge in [0.1, 0.15) is 6.61 Å². The van der Waals surface area contributed by atoms with Gasteiger partial charge >= 0.3 is 0 Å². The summed E-state index contributed by atoms with van der Waals surface area (Å²) < 4.78 is 73.0. The predicted octanol–water partition coefficient (Wildman–Crippen LogP) is 4.60. The molecule has 0 amide bonds. The summed E-state index contributed by atoms with van der Waals surface area (Å²) in [6, 6.07) is 9.12. The Labute approximate surface area is 229 Å². The van der Waals surface area contributed by atoms with E-state index in [1.165, 1.54) is 24.3 Å². The minimum absolute atomic E-state index is 0.144. The number of methoxy groups -OCH3 is 1. The summed E-state index contributed by atoms with van der Waals surface area (Å²) in [4.78, 5) is -0.288. The maximum atomic E-state index is 11.8. The number of ether oxygens (including phenoxy) is 1. The van der Waals surface area contributed by atoms with Gasteiger partial charge in [-0.05, 0) is 55.8 Å². The van der Waals surface area contributed by atoms with E-state index in [-0.39, 0.29) is 9.79 Å². The lowest BCUT2D eigenvalue weighted by atomic mass is 9.81. The van der Waals surface area contributed by atoms with Gasteiger partial charge < -0.3 is 10.1 Å². The first-order chi connectivity index (χ1) is 18.1. The van der Waals surface area contributed by atoms with Gasteiger partial charge in [-0.15, -0.1) is 0 Å². The Balaban J connectivity index is 1.62. The Morgan fingerprint density at radius 3 is 2.10 bits per heavy atom. The van der Waals surface area contributed by atoms with Crippen LogP contribution in [0.25, 0.3) is 0 Å². The van der Waals surface area contributed by atoms with Crippen molar-refractivity contribution < 1.29 is 35.3 Å². The molecule has 0 aromatic heterocycles. The molecule has 0 saturated heterocycles. The van der Waals surface area contributed by atoms with E-state index in [0.717, 1.165) is 33.9 Å². The summed E-state index contributed by atoms with van der Waals surface area (Å²) in [6.45, 7) is 8.97. The smallest absolute Gasteiger partial charge is 0.294 e. The van der Waals surface area contributed by atoms with E-state index in [2.05, 4.69) is 9.89 Å². The molecule has 0 bridgehead atoms. The number of rotatable bonds is 8. The van der Waals surface area contributed by atoms with E-state index in [4.69, 9.17) is 4.74 Å². The van der Waals surface area contributed by atoms with Crippen LogP contribution >= 0.6 is 0 Å². The molecule has 4 rings (SSSR count). The van der Waals surface area contributed by atoms with Crippen molar-refractivity contribution in [3.63, 3.8) is 0 Å². The van der Waals surface area contributed by atoms with Crippen LogP contribution in [0, 0.1) is 0 Å². The number of nitrogens with zero attached hydrogens (tertiary/aromatic N) is 1. The van der Waals surface area contributed by atoms with Gasteiger partial charge in [0.15, 0.2) is 12.3 Å². The lowest BCUT2D eigenvalue weighted by Crippen LogP contribution is -2.28. The van der Waals surface area contributed by atoms with Gasteiger partial charge in [-0.25, -0.2) is 0 Å². The maximum absolute atomic E-state index is 11.8. The Hall–Kier alpha value is -3.09. The molecule has 2 heterocycles. The molecule has 0 unspecified atom stereocenters. The van der Waals surface area contributed by atoms with E-state index in [1.54, 1.807) is 19.2 Å². The SMILES string of the molecule is COCC[N+]1=C(/C=C/C=C/C=C2\Nc3ccc(S(=O)(=O)O)cc3C2(C)C)C(C)(C)c2cc(S(=O)(=O)O)ccc21. The van der Waals surface area contributed by atoms with Crippen LogP contribution < -0.4 is 5.32 Å². The zero-order valence-corrected chi connectivity index (χ0v) is 24.1. The zero-order valence-electron chi connectivity index (χ0n) is 22.5. The quantitative estimate of drug-likeness (QED) is 0.237. The van der Waals surface area contributed by atoms with Gasteiger partial charge in [-0.2, -0.15) is 21.4 Å². The van der Waals surface area contributed by atoms with Crippen LogP contribution in [0.3, 0.4) is 0 Å². The highest BCUT2D eigenvalue weighted by Crippen LogP contribution is 2.44. The summed E-state index contributed by atoms with van der Waals surface area (Å²) in [5.74, 6) is 0. The fraction of sp³-hybridized carbons (Fsp3) is 0.321. The molecule has 39 heavy (non-hydrogen) atoms. The normalized spacial score (nSPS) is 19.2. The minimum atomic E-state index is -4.33. The number of benzene rings is 2. The molecule has 9 nitrogen and oxygen atoms in total. The van der Waals surface area contributed by atoms with E-state index in [9.17, 15) is 25.9 Å². The topological polar surface area (TPSA) is 133 Å². The van der Waals surface area contributed by atoms with Gasteiger partial charge in [0, 0.05) is 41.6 Å². The molecule has 3 N–H and O–H groups in total. The summed E-state index contributed by atoms with van der Waals surface area (Å²) in [6.07, 6.45) is 9.54. The standard InChI is InChI=1S/C28H32N2O7S2/c1-27(2)21-17-19(38(31,32)33)11-13-23(21)29-25(27)9-7-6-8-10-26-28(3,4)22-18-20(39(34,35)36)12-14-24(22)30(26)15-16-37-5/h6-14,17-18H,15-16H2,1-5H3,(H2,31,32,33,34,35,36)/p+1. The molecule has 2 aromatic rings. The molecule has 0 atom stereocenters. The van der Waals surface area contributed by atoms with Gasteiger partial charge in [-0.3, -0.25) is 9.11 Å². The van der Waals surface area contributed by atoms with E-state index in [0.29, 0.717) is 13.2 Å². The molecule has 0 aliphatic carbocycles. The maximum Gasteiger partial charge on any atom is 0.294 e. The molecule has 2 aromatic carbocycles. The average molecular weight is 574 g/mol. The van der Waals surface area contributed by atoms with Crippen LogP contribution in [0.15, 0.2) is 82.3 Å². The van der Waals surface area contributed by atoms with Crippen molar-refractivity contribution in [2.45, 2.75) is 48.3 Å². The largest absolute Gasteiger partial charge is 0.378 e. The predicted molar refractivity (Wildman–Crippen MR) is 150 cm³/mol. The number of hydrogen-bond acceptors (Lipinski definition) is 6. The van der Waals surface area contributed by atoms with Crippen molar-refractivity contribution in [3.05, 3.63) is 83.6 Å². The monoisotopic (exact) mass is 573 g/mol. The van der Waals surface area contributed by atoms with Crippen molar-refractivity contribution in [1.82, 2.24) is 0 Å². The third kappa shape index (κ3) is 5.50. The Kier molecular flexibility index (Phi) is 7.52. The molecule has 2 aliphatic rings. The van der Waals surface area contributed by atoms with E-state index >= 15 is 0 Å². The number of hydrogen-bond donors (Lipinski definition) is 3. The molecule has 2 aliphatic heterocycles. The molecule has 11 heteroatoms. The van der Waals surface area contributed by atoms with Crippen LogP contribution in [-0.2, 0) is 35.8 Å². The second-order valence-corrected chi connectivity index (χ2v) is 13.4. The Bertz CT molecular complexity index is 1660. The van der Waals surface area contributed by atoms with E-state index in [1.807, 2.05) is 58.1 Å². The van der Waals surface area contributed by atoms with Crippen molar-refractivity contribution in [3.8, 4) is 0 Å². The highest BCUT2D eigenvalue weighted by molar-refractivity contribution is 7.86. The molecule has 0 saturated carbocycles. The van der Waals surface area contributed by atoms with Crippen molar-refractivity contribution in [2.24, 2.45) is 0 Å². The summed E-state index contributed by atoms with van der Waals surface area (Å²) in [5.41, 5.74) is 3.98. The fourth-order valence-electron chi connectivity index (χ4n) is 5.11. The Morgan fingerprint density at radius 2 is 1.49 bits per heavy atom. The van der Waals surface area contributed by atoms with Crippen LogP contribution in [0.2, 0.25) is 0 Å². The first kappa shape index (κ1) is 28.9. The third-order valence-corrected chi connectivity index (χ3v) is 9.02. The lowest BCUT2D eigenvalue weighted by molar-refractivity contribution is -0.441. The zero-order chi connectivity index (χ0) is 28.8. The van der Waals surface area contributed by atoms with Crippen LogP contribution in [0.5, 0.6) is 0 Å². The van der Waals surface area contributed by atoms with Crippen LogP contribution in [-0.4, -0.2) is 56.5 Å². The second-order valence-electron chi connectivity index (χ2n) is 10.6. The highest BCUT2D eigenvalue weighted by Gasteiger charge is 2.44. The van der Waals surface area contributed by atoms with Crippen LogP contribution in [0.1, 0.15) is 38.8 Å². The van der Waals surface area contributed by atoms with Crippen molar-refractivity contribution in [2.75, 3.05) is 25.6 Å². The van der Waals surface area contributed by atoms with Crippen LogP contribution in [0.4, 0.5) is 11.4 Å². The number of anilines is 1. The molecular formula is C28H33N2O7S2+. The number of allylic oxidation sites excluding steroid dienone is 6. The number of fused-ring (bicyclic) bond motifs is 2. The number of nitrogens with one attached hydrogen (secondary N) is 1. The van der Waals surface area contributed by atoms with Gasteiger partial charge in [0.25, 0.3) is 20.2 Å². The molecule has 0 fully saturated rings. The molecular weight excluding hydrogens is 540 g/mol. The van der Waals surface area contributed by atoms with Crippen molar-refractivity contribution >= 4 is 37.3 Å².